The molecule has 1 amide bonds. The number of carbonyl (C=O) groups excluding carboxylic acids is 1. The van der Waals surface area contributed by atoms with Gasteiger partial charge in [0.15, 0.2) is 5.75 Å². The summed E-state index contributed by atoms with van der Waals surface area (Å²) in [5.41, 5.74) is -0.259. The molecule has 27 heavy (non-hydrogen) atoms. The molecule has 10 heteroatoms. The highest BCUT2D eigenvalue weighted by molar-refractivity contribution is 5.95. The van der Waals surface area contributed by atoms with Crippen molar-refractivity contribution in [2.24, 2.45) is 0 Å². The maximum Gasteiger partial charge on any atom is 0.573 e. The number of carbonyl (C=O) groups is 1. The molecular weight excluding hydrogens is 369 g/mol. The van der Waals surface area contributed by atoms with Gasteiger partial charge in [-0.05, 0) is 18.2 Å². The van der Waals surface area contributed by atoms with Crippen LogP contribution in [0.5, 0.6) is 11.5 Å². The smallest absolute Gasteiger partial charge is 0.490 e. The molecule has 0 atom stereocenters. The highest BCUT2D eigenvalue weighted by atomic mass is 19.4. The molecule has 2 rings (SSSR count). The number of hydrogen-bond donors (Lipinski definition) is 0. The van der Waals surface area contributed by atoms with Crippen LogP contribution in [0.2, 0.25) is 0 Å². The zero-order chi connectivity index (χ0) is 20.2. The van der Waals surface area contributed by atoms with E-state index in [2.05, 4.69) is 4.74 Å². The molecule has 7 nitrogen and oxygen atoms in total. The van der Waals surface area contributed by atoms with E-state index in [1.54, 1.807) is 0 Å². The van der Waals surface area contributed by atoms with Crippen molar-refractivity contribution in [3.05, 3.63) is 63.7 Å². The molecule has 0 fully saturated rings. The van der Waals surface area contributed by atoms with Crippen LogP contribution in [0.15, 0.2) is 42.5 Å². The lowest BCUT2D eigenvalue weighted by Crippen LogP contribution is -2.27. The van der Waals surface area contributed by atoms with Crippen LogP contribution >= 0.6 is 0 Å². The van der Waals surface area contributed by atoms with E-state index in [4.69, 9.17) is 4.74 Å². The number of nitro benzene ring substituents is 1. The second-order valence-electron chi connectivity index (χ2n) is 5.46. The fraction of sp³-hybridized carbons (Fsp3) is 0.235. The number of para-hydroxylation sites is 1. The van der Waals surface area contributed by atoms with Gasteiger partial charge in [-0.3, -0.25) is 14.9 Å². The van der Waals surface area contributed by atoms with Crippen LogP contribution in [-0.4, -0.2) is 36.3 Å². The van der Waals surface area contributed by atoms with Crippen molar-refractivity contribution in [2.75, 3.05) is 14.2 Å². The lowest BCUT2D eigenvalue weighted by molar-refractivity contribution is -0.385. The number of methoxy groups -OCH3 is 1. The molecule has 0 N–H and O–H groups in total. The van der Waals surface area contributed by atoms with Crippen LogP contribution in [-0.2, 0) is 6.54 Å². The van der Waals surface area contributed by atoms with Crippen LogP contribution in [0.4, 0.5) is 18.9 Å². The minimum absolute atomic E-state index is 0.000721. The predicted octanol–water partition coefficient (Wildman–Crippen LogP) is 3.77. The molecule has 2 aromatic carbocycles. The second kappa shape index (κ2) is 7.94. The molecule has 0 heterocycles. The first kappa shape index (κ1) is 20.0. The van der Waals surface area contributed by atoms with Crippen LogP contribution < -0.4 is 9.47 Å². The normalized spacial score (nSPS) is 11.0. The summed E-state index contributed by atoms with van der Waals surface area (Å²) in [6.45, 7) is -0.190. The number of nitro groups is 1. The van der Waals surface area contributed by atoms with E-state index >= 15 is 0 Å². The first-order valence-corrected chi connectivity index (χ1v) is 7.54. The third kappa shape index (κ3) is 5.09. The summed E-state index contributed by atoms with van der Waals surface area (Å²) in [4.78, 5) is 24.0. The number of hydrogen-bond acceptors (Lipinski definition) is 5. The molecular formula is C17H15F3N2O5. The van der Waals surface area contributed by atoms with Gasteiger partial charge in [0.05, 0.1) is 12.0 Å². The van der Waals surface area contributed by atoms with E-state index in [0.29, 0.717) is 0 Å². The number of rotatable bonds is 6. The van der Waals surface area contributed by atoms with Gasteiger partial charge >= 0.3 is 12.0 Å². The topological polar surface area (TPSA) is 81.9 Å². The Morgan fingerprint density at radius 3 is 2.44 bits per heavy atom. The zero-order valence-electron chi connectivity index (χ0n) is 14.3. The summed E-state index contributed by atoms with van der Waals surface area (Å²) < 4.78 is 46.3. The highest BCUT2D eigenvalue weighted by Crippen LogP contribution is 2.29. The number of nitrogens with zero attached hydrogens (tertiary/aromatic N) is 2. The zero-order valence-corrected chi connectivity index (χ0v) is 14.3. The molecule has 0 bridgehead atoms. The fourth-order valence-corrected chi connectivity index (χ4v) is 2.37. The van der Waals surface area contributed by atoms with Crippen molar-refractivity contribution in [3.63, 3.8) is 0 Å². The fourth-order valence-electron chi connectivity index (χ4n) is 2.37. The molecule has 0 saturated heterocycles. The highest BCUT2D eigenvalue weighted by Gasteiger charge is 2.32. The number of benzene rings is 2. The Hall–Kier alpha value is -3.30. The van der Waals surface area contributed by atoms with Gasteiger partial charge in [-0.25, -0.2) is 0 Å². The van der Waals surface area contributed by atoms with E-state index in [-0.39, 0.29) is 23.4 Å². The monoisotopic (exact) mass is 384 g/mol. The molecule has 0 radical (unpaired) electrons. The summed E-state index contributed by atoms with van der Waals surface area (Å²) in [5, 5.41) is 11.1. The van der Waals surface area contributed by atoms with Gasteiger partial charge in [-0.1, -0.05) is 18.2 Å². The maximum absolute atomic E-state index is 12.5. The number of amides is 1. The van der Waals surface area contributed by atoms with Gasteiger partial charge in [-0.2, -0.15) is 0 Å². The Labute approximate surface area is 152 Å². The third-order valence-corrected chi connectivity index (χ3v) is 3.58. The lowest BCUT2D eigenvalue weighted by atomic mass is 10.1. The second-order valence-corrected chi connectivity index (χ2v) is 5.46. The van der Waals surface area contributed by atoms with Gasteiger partial charge in [-0.15, -0.1) is 13.2 Å². The van der Waals surface area contributed by atoms with E-state index in [1.165, 1.54) is 44.5 Å². The van der Waals surface area contributed by atoms with Crippen LogP contribution in [0.3, 0.4) is 0 Å². The molecule has 0 aliphatic carbocycles. The Morgan fingerprint density at radius 2 is 1.85 bits per heavy atom. The van der Waals surface area contributed by atoms with Crippen molar-refractivity contribution in [2.45, 2.75) is 12.9 Å². The van der Waals surface area contributed by atoms with Crippen molar-refractivity contribution in [3.8, 4) is 11.5 Å². The molecule has 0 spiro atoms. The Bertz CT molecular complexity index is 855. The SMILES string of the molecule is COc1ccc(C(=O)N(C)Cc2ccccc2OC(F)(F)F)cc1[N+](=O)[O-]. The van der Waals surface area contributed by atoms with Crippen LogP contribution in [0, 0.1) is 10.1 Å². The summed E-state index contributed by atoms with van der Waals surface area (Å²) in [6, 6.07) is 9.08. The first-order chi connectivity index (χ1) is 12.6. The molecule has 0 saturated carbocycles. The molecule has 144 valence electrons. The van der Waals surface area contributed by atoms with Crippen molar-refractivity contribution >= 4 is 11.6 Å². The minimum Gasteiger partial charge on any atom is -0.490 e. The van der Waals surface area contributed by atoms with E-state index < -0.39 is 28.6 Å². The Kier molecular flexibility index (Phi) is 5.88. The predicted molar refractivity (Wildman–Crippen MR) is 88.6 cm³/mol. The molecule has 2 aromatic rings. The number of halogens is 3. The van der Waals surface area contributed by atoms with E-state index in [0.717, 1.165) is 17.0 Å². The Morgan fingerprint density at radius 1 is 1.19 bits per heavy atom. The quantitative estimate of drug-likeness (QED) is 0.559. The van der Waals surface area contributed by atoms with Crippen molar-refractivity contribution in [1.29, 1.82) is 0 Å². The van der Waals surface area contributed by atoms with Gasteiger partial charge in [0.1, 0.15) is 5.75 Å². The van der Waals surface area contributed by atoms with Crippen molar-refractivity contribution in [1.82, 2.24) is 4.90 Å². The lowest BCUT2D eigenvalue weighted by Gasteiger charge is -2.20. The van der Waals surface area contributed by atoms with Gasteiger partial charge in [0.25, 0.3) is 5.91 Å². The van der Waals surface area contributed by atoms with Gasteiger partial charge in [0.2, 0.25) is 0 Å². The van der Waals surface area contributed by atoms with Crippen LogP contribution in [0.1, 0.15) is 15.9 Å². The van der Waals surface area contributed by atoms with Gasteiger partial charge in [0, 0.05) is 30.8 Å². The standard InChI is InChI=1S/C17H15F3N2O5/c1-21(10-12-5-3-4-6-14(12)27-17(18,19)20)16(23)11-7-8-15(26-2)13(9-11)22(24)25/h3-9H,10H2,1-2H3. The van der Waals surface area contributed by atoms with E-state index in [9.17, 15) is 28.1 Å². The third-order valence-electron chi connectivity index (χ3n) is 3.58. The average molecular weight is 384 g/mol. The molecule has 0 aromatic heterocycles. The number of ether oxygens (including phenoxy) is 2. The molecule has 0 aliphatic rings. The summed E-state index contributed by atoms with van der Waals surface area (Å²) in [7, 11) is 2.62. The summed E-state index contributed by atoms with van der Waals surface area (Å²) in [5.74, 6) is -1.05. The minimum atomic E-state index is -4.87. The van der Waals surface area contributed by atoms with E-state index in [1.807, 2.05) is 0 Å². The van der Waals surface area contributed by atoms with Crippen molar-refractivity contribution < 1.29 is 32.4 Å². The maximum atomic E-state index is 12.5. The first-order valence-electron chi connectivity index (χ1n) is 7.54. The molecule has 0 unspecified atom stereocenters. The average Bonchev–Trinajstić information content (AvgIpc) is 2.60. The summed E-state index contributed by atoms with van der Waals surface area (Å²) >= 11 is 0. The van der Waals surface area contributed by atoms with Gasteiger partial charge < -0.3 is 14.4 Å². The van der Waals surface area contributed by atoms with Crippen LogP contribution in [0.25, 0.3) is 0 Å². The molecule has 0 aliphatic heterocycles. The largest absolute Gasteiger partial charge is 0.573 e. The Balaban J connectivity index is 2.24. The summed E-state index contributed by atoms with van der Waals surface area (Å²) in [6.07, 6.45) is -4.87. The number of alkyl halides is 3.